The number of nitrogens with one attached hydrogen (secondary N) is 1. The molecule has 0 fully saturated rings. The summed E-state index contributed by atoms with van der Waals surface area (Å²) >= 11 is 0. The third-order valence-electron chi connectivity index (χ3n) is 3.92. The lowest BCUT2D eigenvalue weighted by Crippen LogP contribution is -2.26. The van der Waals surface area contributed by atoms with Crippen molar-refractivity contribution in [2.24, 2.45) is 0 Å². The maximum atomic E-state index is 12.2. The number of rotatable bonds is 7. The first-order chi connectivity index (χ1) is 12.3. The summed E-state index contributed by atoms with van der Waals surface area (Å²) in [5.74, 6) is -0.272. The zero-order chi connectivity index (χ0) is 19.3. The summed E-state index contributed by atoms with van der Waals surface area (Å²) in [6, 6.07) is 13.6. The molecule has 2 rings (SSSR count). The van der Waals surface area contributed by atoms with Crippen molar-refractivity contribution in [1.29, 1.82) is 0 Å². The Labute approximate surface area is 154 Å². The molecular weight excluding hydrogens is 354 g/mol. The summed E-state index contributed by atoms with van der Waals surface area (Å²) in [4.78, 5) is 19.0. The first-order valence-electron chi connectivity index (χ1n) is 7.93. The summed E-state index contributed by atoms with van der Waals surface area (Å²) in [5, 5.41) is 2.82. The Bertz CT molecular complexity index is 847. The quantitative estimate of drug-likeness (QED) is 0.745. The van der Waals surface area contributed by atoms with Crippen molar-refractivity contribution in [3.63, 3.8) is 0 Å². The van der Waals surface area contributed by atoms with Crippen LogP contribution in [-0.2, 0) is 21.4 Å². The Balaban J connectivity index is 2.02. The number of benzene rings is 2. The Morgan fingerprint density at radius 1 is 1.00 bits per heavy atom. The van der Waals surface area contributed by atoms with Crippen molar-refractivity contribution in [2.45, 2.75) is 11.4 Å². The highest BCUT2D eigenvalue weighted by Crippen LogP contribution is 2.16. The smallest absolute Gasteiger partial charge is 0.264 e. The molecule has 1 N–H and O–H groups in total. The van der Waals surface area contributed by atoms with Crippen LogP contribution in [0.5, 0.6) is 0 Å². The Hall–Kier alpha value is -2.42. The lowest BCUT2D eigenvalue weighted by atomic mass is 10.2. The SMILES string of the molecule is CON(C)S(=O)(=O)c1ccc(C(=O)NCc2ccc(N(C)C)cc2)cc1. The van der Waals surface area contributed by atoms with Crippen LogP contribution in [0.4, 0.5) is 5.69 Å². The van der Waals surface area contributed by atoms with E-state index in [-0.39, 0.29) is 10.8 Å². The van der Waals surface area contributed by atoms with Gasteiger partial charge in [-0.25, -0.2) is 8.42 Å². The van der Waals surface area contributed by atoms with Crippen molar-refractivity contribution in [1.82, 2.24) is 9.79 Å². The van der Waals surface area contributed by atoms with E-state index in [1.807, 2.05) is 43.3 Å². The first-order valence-corrected chi connectivity index (χ1v) is 9.37. The molecule has 2 aromatic carbocycles. The lowest BCUT2D eigenvalue weighted by Gasteiger charge is -2.14. The molecule has 0 heterocycles. The van der Waals surface area contributed by atoms with Gasteiger partial charge in [0.05, 0.1) is 12.0 Å². The van der Waals surface area contributed by atoms with Crippen molar-refractivity contribution < 1.29 is 18.0 Å². The molecule has 0 unspecified atom stereocenters. The molecule has 7 nitrogen and oxygen atoms in total. The van der Waals surface area contributed by atoms with E-state index in [2.05, 4.69) is 5.32 Å². The molecule has 1 amide bonds. The Morgan fingerprint density at radius 3 is 2.08 bits per heavy atom. The zero-order valence-electron chi connectivity index (χ0n) is 15.3. The number of amides is 1. The van der Waals surface area contributed by atoms with Gasteiger partial charge in [0, 0.05) is 38.9 Å². The van der Waals surface area contributed by atoms with Crippen molar-refractivity contribution >= 4 is 21.6 Å². The van der Waals surface area contributed by atoms with Gasteiger partial charge >= 0.3 is 0 Å². The molecule has 0 aromatic heterocycles. The highest BCUT2D eigenvalue weighted by molar-refractivity contribution is 7.89. The molecule has 0 bridgehead atoms. The average Bonchev–Trinajstić information content (AvgIpc) is 2.65. The Kier molecular flexibility index (Phi) is 6.36. The van der Waals surface area contributed by atoms with Gasteiger partial charge in [-0.05, 0) is 42.0 Å². The van der Waals surface area contributed by atoms with E-state index in [1.54, 1.807) is 0 Å². The molecule has 2 aromatic rings. The number of carbonyl (C=O) groups is 1. The van der Waals surface area contributed by atoms with Gasteiger partial charge < -0.3 is 10.2 Å². The molecule has 0 atom stereocenters. The molecule has 8 heteroatoms. The minimum atomic E-state index is -3.72. The number of hydrogen-bond donors (Lipinski definition) is 1. The predicted octanol–water partition coefficient (Wildman–Crippen LogP) is 1.86. The minimum absolute atomic E-state index is 0.0534. The minimum Gasteiger partial charge on any atom is -0.378 e. The molecule has 0 radical (unpaired) electrons. The number of nitrogens with zero attached hydrogens (tertiary/aromatic N) is 2. The van der Waals surface area contributed by atoms with Crippen molar-refractivity contribution in [3.8, 4) is 0 Å². The fraction of sp³-hybridized carbons (Fsp3) is 0.278. The van der Waals surface area contributed by atoms with Gasteiger partial charge in [-0.3, -0.25) is 9.63 Å². The van der Waals surface area contributed by atoms with E-state index in [1.165, 1.54) is 38.4 Å². The molecular formula is C18H23N3O4S. The second-order valence-corrected chi connectivity index (χ2v) is 7.80. The van der Waals surface area contributed by atoms with Crippen molar-refractivity contribution in [3.05, 3.63) is 59.7 Å². The van der Waals surface area contributed by atoms with Crippen LogP contribution in [0.1, 0.15) is 15.9 Å². The third-order valence-corrected chi connectivity index (χ3v) is 5.61. The molecule has 26 heavy (non-hydrogen) atoms. The van der Waals surface area contributed by atoms with Crippen LogP contribution in [0.2, 0.25) is 0 Å². The van der Waals surface area contributed by atoms with Gasteiger partial charge in [0.25, 0.3) is 15.9 Å². The van der Waals surface area contributed by atoms with Crippen LogP contribution in [-0.4, -0.2) is 47.0 Å². The van der Waals surface area contributed by atoms with Crippen LogP contribution in [0.15, 0.2) is 53.4 Å². The van der Waals surface area contributed by atoms with E-state index < -0.39 is 10.0 Å². The van der Waals surface area contributed by atoms with Gasteiger partial charge in [0.15, 0.2) is 0 Å². The number of anilines is 1. The average molecular weight is 377 g/mol. The highest BCUT2D eigenvalue weighted by Gasteiger charge is 2.20. The standard InChI is InChI=1S/C18H23N3O4S/c1-20(2)16-9-5-14(6-10-16)13-19-18(22)15-7-11-17(12-8-15)26(23,24)21(3)25-4/h5-12H,13H2,1-4H3,(H,19,22). The summed E-state index contributed by atoms with van der Waals surface area (Å²) in [5.41, 5.74) is 2.44. The monoisotopic (exact) mass is 377 g/mol. The maximum Gasteiger partial charge on any atom is 0.264 e. The number of hydrogen-bond acceptors (Lipinski definition) is 5. The molecule has 0 saturated carbocycles. The van der Waals surface area contributed by atoms with E-state index in [4.69, 9.17) is 4.84 Å². The van der Waals surface area contributed by atoms with Gasteiger partial charge in [0.1, 0.15) is 0 Å². The molecule has 0 aliphatic heterocycles. The number of carbonyl (C=O) groups excluding carboxylic acids is 1. The fourth-order valence-corrected chi connectivity index (χ4v) is 3.19. The lowest BCUT2D eigenvalue weighted by molar-refractivity contribution is -0.0258. The fourth-order valence-electron chi connectivity index (χ4n) is 2.22. The van der Waals surface area contributed by atoms with Crippen LogP contribution in [0.25, 0.3) is 0 Å². The van der Waals surface area contributed by atoms with Gasteiger partial charge in [0.2, 0.25) is 0 Å². The second kappa shape index (κ2) is 8.31. The normalized spacial score (nSPS) is 11.4. The predicted molar refractivity (Wildman–Crippen MR) is 100 cm³/mol. The second-order valence-electron chi connectivity index (χ2n) is 5.87. The van der Waals surface area contributed by atoms with E-state index in [0.29, 0.717) is 12.1 Å². The number of sulfonamides is 1. The molecule has 140 valence electrons. The van der Waals surface area contributed by atoms with E-state index in [9.17, 15) is 13.2 Å². The molecule has 0 aliphatic rings. The largest absolute Gasteiger partial charge is 0.378 e. The maximum absolute atomic E-state index is 12.2. The molecule has 0 spiro atoms. The first kappa shape index (κ1) is 19.9. The summed E-state index contributed by atoms with van der Waals surface area (Å²) in [7, 11) is 2.78. The molecule has 0 aliphatic carbocycles. The number of hydroxylamine groups is 1. The summed E-state index contributed by atoms with van der Waals surface area (Å²) in [6.07, 6.45) is 0. The van der Waals surface area contributed by atoms with E-state index in [0.717, 1.165) is 15.7 Å². The zero-order valence-corrected chi connectivity index (χ0v) is 16.1. The van der Waals surface area contributed by atoms with Crippen LogP contribution < -0.4 is 10.2 Å². The third kappa shape index (κ3) is 4.60. The highest BCUT2D eigenvalue weighted by atomic mass is 32.2. The van der Waals surface area contributed by atoms with Gasteiger partial charge in [-0.1, -0.05) is 16.6 Å². The topological polar surface area (TPSA) is 78.9 Å². The van der Waals surface area contributed by atoms with Crippen LogP contribution in [0, 0.1) is 0 Å². The van der Waals surface area contributed by atoms with E-state index >= 15 is 0 Å². The van der Waals surface area contributed by atoms with Crippen molar-refractivity contribution in [2.75, 3.05) is 33.2 Å². The van der Waals surface area contributed by atoms with Crippen LogP contribution in [0.3, 0.4) is 0 Å². The Morgan fingerprint density at radius 2 is 1.58 bits per heavy atom. The van der Waals surface area contributed by atoms with Gasteiger partial charge in [-0.15, -0.1) is 0 Å². The summed E-state index contributed by atoms with van der Waals surface area (Å²) in [6.45, 7) is 0.388. The van der Waals surface area contributed by atoms with Gasteiger partial charge in [-0.2, -0.15) is 0 Å². The molecule has 0 saturated heterocycles. The van der Waals surface area contributed by atoms with Crippen LogP contribution >= 0.6 is 0 Å². The summed E-state index contributed by atoms with van der Waals surface area (Å²) < 4.78 is 25.0.